The van der Waals surface area contributed by atoms with Crippen LogP contribution in [-0.4, -0.2) is 23.9 Å². The van der Waals surface area contributed by atoms with E-state index in [1.807, 2.05) is 13.0 Å². The lowest BCUT2D eigenvalue weighted by Crippen LogP contribution is -2.32. The van der Waals surface area contributed by atoms with Gasteiger partial charge in [-0.1, -0.05) is 13.8 Å². The number of nitrogens with zero attached hydrogens (tertiary/aromatic N) is 1. The number of carbonyl (C=O) groups is 1. The van der Waals surface area contributed by atoms with Crippen molar-refractivity contribution < 1.29 is 4.79 Å². The Hall–Kier alpha value is -0.910. The van der Waals surface area contributed by atoms with Gasteiger partial charge in [-0.05, 0) is 38.4 Å². The summed E-state index contributed by atoms with van der Waals surface area (Å²) in [6.07, 6.45) is 0. The molecule has 0 saturated heterocycles. The number of carbonyl (C=O) groups excluding carboxylic acids is 1. The fraction of sp³-hybridized carbons (Fsp3) is 0.615. The molecule has 1 unspecified atom stereocenters. The highest BCUT2D eigenvalue weighted by molar-refractivity contribution is 7.14. The molecule has 1 amide bonds. The Labute approximate surface area is 113 Å². The third-order valence-electron chi connectivity index (χ3n) is 3.46. The Morgan fingerprint density at radius 2 is 2.11 bits per heavy atom. The summed E-state index contributed by atoms with van der Waals surface area (Å²) in [4.78, 5) is 15.6. The number of hydrazine groups is 1. The average molecular weight is 269 g/mol. The maximum absolute atomic E-state index is 11.5. The molecule has 1 rings (SSSR count). The van der Waals surface area contributed by atoms with Gasteiger partial charge in [-0.3, -0.25) is 15.1 Å². The number of hydrogen-bond donors (Lipinski definition) is 2. The minimum absolute atomic E-state index is 0.214. The lowest BCUT2D eigenvalue weighted by atomic mass is 10.0. The van der Waals surface area contributed by atoms with Crippen molar-refractivity contribution >= 4 is 17.2 Å². The third-order valence-corrected chi connectivity index (χ3v) is 4.55. The Kier molecular flexibility index (Phi) is 5.31. The minimum Gasteiger partial charge on any atom is -0.299 e. The molecule has 0 bridgehead atoms. The predicted octanol–water partition coefficient (Wildman–Crippen LogP) is 2.14. The first-order valence-corrected chi connectivity index (χ1v) is 6.99. The van der Waals surface area contributed by atoms with Crippen LogP contribution in [0.1, 0.15) is 40.9 Å². The summed E-state index contributed by atoms with van der Waals surface area (Å²) in [6.45, 7) is 9.56. The monoisotopic (exact) mass is 269 g/mol. The number of nitrogen functional groups attached to an aromatic ring is 1. The molecule has 102 valence electrons. The van der Waals surface area contributed by atoms with Crippen LogP contribution < -0.4 is 11.3 Å². The number of amides is 1. The summed E-state index contributed by atoms with van der Waals surface area (Å²) in [5.41, 5.74) is 3.38. The summed E-state index contributed by atoms with van der Waals surface area (Å²) >= 11 is 1.49. The molecule has 0 aromatic carbocycles. The van der Waals surface area contributed by atoms with E-state index < -0.39 is 0 Å². The molecular formula is C13H23N3OS. The zero-order chi connectivity index (χ0) is 13.9. The van der Waals surface area contributed by atoms with Gasteiger partial charge < -0.3 is 0 Å². The second kappa shape index (κ2) is 6.31. The minimum atomic E-state index is -0.214. The molecule has 3 N–H and O–H groups in total. The SMILES string of the molecule is Cc1sc(C(=O)NN)cc1CN(C)C(C)C(C)C. The summed E-state index contributed by atoms with van der Waals surface area (Å²) in [7, 11) is 2.12. The van der Waals surface area contributed by atoms with Crippen LogP contribution in [0.15, 0.2) is 6.07 Å². The molecule has 0 aliphatic rings. The molecular weight excluding hydrogens is 246 g/mol. The Bertz CT molecular complexity index is 414. The van der Waals surface area contributed by atoms with Crippen LogP contribution in [-0.2, 0) is 6.54 Å². The molecule has 0 fully saturated rings. The van der Waals surface area contributed by atoms with Crippen molar-refractivity contribution in [3.8, 4) is 0 Å². The van der Waals surface area contributed by atoms with Crippen LogP contribution in [0.5, 0.6) is 0 Å². The highest BCUT2D eigenvalue weighted by Crippen LogP contribution is 2.23. The number of thiophene rings is 1. The normalized spacial score (nSPS) is 13.1. The van der Waals surface area contributed by atoms with Crippen LogP contribution in [0, 0.1) is 12.8 Å². The van der Waals surface area contributed by atoms with Gasteiger partial charge in [-0.25, -0.2) is 5.84 Å². The molecule has 0 saturated carbocycles. The zero-order valence-electron chi connectivity index (χ0n) is 11.8. The van der Waals surface area contributed by atoms with E-state index in [4.69, 9.17) is 5.84 Å². The molecule has 4 nitrogen and oxygen atoms in total. The van der Waals surface area contributed by atoms with E-state index in [1.165, 1.54) is 21.8 Å². The van der Waals surface area contributed by atoms with Crippen LogP contribution in [0.3, 0.4) is 0 Å². The van der Waals surface area contributed by atoms with Crippen molar-refractivity contribution in [1.29, 1.82) is 0 Å². The Morgan fingerprint density at radius 3 is 2.61 bits per heavy atom. The molecule has 0 spiro atoms. The van der Waals surface area contributed by atoms with Crippen molar-refractivity contribution in [3.63, 3.8) is 0 Å². The fourth-order valence-electron chi connectivity index (χ4n) is 1.78. The number of aryl methyl sites for hydroxylation is 1. The van der Waals surface area contributed by atoms with Gasteiger partial charge in [0.05, 0.1) is 4.88 Å². The second-order valence-corrected chi connectivity index (χ2v) is 6.32. The molecule has 1 atom stereocenters. The standard InChI is InChI=1S/C13H23N3OS/c1-8(2)9(3)16(5)7-11-6-12(13(17)15-14)18-10(11)4/h6,8-9H,7,14H2,1-5H3,(H,15,17). The van der Waals surface area contributed by atoms with E-state index >= 15 is 0 Å². The summed E-state index contributed by atoms with van der Waals surface area (Å²) in [6, 6.07) is 2.45. The summed E-state index contributed by atoms with van der Waals surface area (Å²) in [5, 5.41) is 0. The average Bonchev–Trinajstić information content (AvgIpc) is 2.68. The number of nitrogens with two attached hydrogens (primary N) is 1. The lowest BCUT2D eigenvalue weighted by molar-refractivity contribution is 0.0957. The van der Waals surface area contributed by atoms with Crippen molar-refractivity contribution in [2.45, 2.75) is 40.3 Å². The van der Waals surface area contributed by atoms with Gasteiger partial charge in [0, 0.05) is 17.5 Å². The molecule has 0 aliphatic carbocycles. The fourth-order valence-corrected chi connectivity index (χ4v) is 2.72. The van der Waals surface area contributed by atoms with Crippen molar-refractivity contribution in [2.75, 3.05) is 7.05 Å². The van der Waals surface area contributed by atoms with E-state index in [0.717, 1.165) is 6.54 Å². The quantitative estimate of drug-likeness (QED) is 0.489. The van der Waals surface area contributed by atoms with Crippen LogP contribution in [0.25, 0.3) is 0 Å². The zero-order valence-corrected chi connectivity index (χ0v) is 12.6. The van der Waals surface area contributed by atoms with E-state index in [2.05, 4.69) is 38.1 Å². The number of rotatable bonds is 5. The van der Waals surface area contributed by atoms with E-state index in [-0.39, 0.29) is 5.91 Å². The van der Waals surface area contributed by atoms with Gasteiger partial charge in [0.15, 0.2) is 0 Å². The smallest absolute Gasteiger partial charge is 0.275 e. The molecule has 1 aromatic heterocycles. The predicted molar refractivity (Wildman–Crippen MR) is 76.5 cm³/mol. The lowest BCUT2D eigenvalue weighted by Gasteiger charge is -2.27. The van der Waals surface area contributed by atoms with Crippen LogP contribution in [0.4, 0.5) is 0 Å². The molecule has 0 radical (unpaired) electrons. The highest BCUT2D eigenvalue weighted by atomic mass is 32.1. The maximum Gasteiger partial charge on any atom is 0.275 e. The summed E-state index contributed by atoms with van der Waals surface area (Å²) < 4.78 is 0. The van der Waals surface area contributed by atoms with Crippen molar-refractivity contribution in [3.05, 3.63) is 21.4 Å². The van der Waals surface area contributed by atoms with E-state index in [9.17, 15) is 4.79 Å². The second-order valence-electron chi connectivity index (χ2n) is 5.07. The Morgan fingerprint density at radius 1 is 1.50 bits per heavy atom. The van der Waals surface area contributed by atoms with Gasteiger partial charge in [-0.15, -0.1) is 11.3 Å². The van der Waals surface area contributed by atoms with Crippen LogP contribution in [0.2, 0.25) is 0 Å². The van der Waals surface area contributed by atoms with Gasteiger partial charge in [0.25, 0.3) is 5.91 Å². The van der Waals surface area contributed by atoms with E-state index in [0.29, 0.717) is 16.8 Å². The third kappa shape index (κ3) is 3.54. The van der Waals surface area contributed by atoms with Gasteiger partial charge in [0.2, 0.25) is 0 Å². The molecule has 0 aliphatic heterocycles. The van der Waals surface area contributed by atoms with Crippen molar-refractivity contribution in [2.24, 2.45) is 11.8 Å². The van der Waals surface area contributed by atoms with Gasteiger partial charge in [-0.2, -0.15) is 0 Å². The Balaban J connectivity index is 2.79. The topological polar surface area (TPSA) is 58.4 Å². The highest BCUT2D eigenvalue weighted by Gasteiger charge is 2.17. The largest absolute Gasteiger partial charge is 0.299 e. The molecule has 1 aromatic rings. The first-order valence-electron chi connectivity index (χ1n) is 6.17. The summed E-state index contributed by atoms with van der Waals surface area (Å²) in [5.74, 6) is 5.55. The number of hydrogen-bond acceptors (Lipinski definition) is 4. The van der Waals surface area contributed by atoms with E-state index in [1.54, 1.807) is 0 Å². The van der Waals surface area contributed by atoms with Gasteiger partial charge >= 0.3 is 0 Å². The first kappa shape index (κ1) is 15.1. The van der Waals surface area contributed by atoms with Crippen molar-refractivity contribution in [1.82, 2.24) is 10.3 Å². The van der Waals surface area contributed by atoms with Crippen LogP contribution >= 0.6 is 11.3 Å². The van der Waals surface area contributed by atoms with Gasteiger partial charge in [0.1, 0.15) is 0 Å². The molecule has 5 heteroatoms. The number of nitrogens with one attached hydrogen (secondary N) is 1. The molecule has 1 heterocycles. The maximum atomic E-state index is 11.5. The first-order chi connectivity index (χ1) is 8.36. The molecule has 18 heavy (non-hydrogen) atoms.